The van der Waals surface area contributed by atoms with Gasteiger partial charge in [-0.2, -0.15) is 5.10 Å². The Morgan fingerprint density at radius 2 is 2.20 bits per heavy atom. The largest absolute Gasteiger partial charge is 0.302 e. The molecule has 0 unspecified atom stereocenters. The Labute approximate surface area is 90.9 Å². The number of nitrogens with zero attached hydrogens (tertiary/aromatic N) is 3. The van der Waals surface area contributed by atoms with Crippen LogP contribution in [0, 0.1) is 0 Å². The van der Waals surface area contributed by atoms with E-state index in [4.69, 9.17) is 0 Å². The lowest BCUT2D eigenvalue weighted by Crippen LogP contribution is -2.22. The third kappa shape index (κ3) is 3.83. The second-order valence-electron chi connectivity index (χ2n) is 4.38. The fourth-order valence-electron chi connectivity index (χ4n) is 1.39. The maximum absolute atomic E-state index is 11.5. The number of likely N-dealkylation sites (N-methyl/N-ethyl adjacent to an activating group) is 1. The highest BCUT2D eigenvalue weighted by Crippen LogP contribution is 2.06. The van der Waals surface area contributed by atoms with E-state index in [0.29, 0.717) is 19.0 Å². The molecule has 0 atom stereocenters. The van der Waals surface area contributed by atoms with Crippen molar-refractivity contribution in [3.8, 4) is 0 Å². The summed E-state index contributed by atoms with van der Waals surface area (Å²) in [6.45, 7) is 4.63. The number of hydrogen-bond donors (Lipinski definition) is 0. The molecule has 84 valence electrons. The van der Waals surface area contributed by atoms with Crippen molar-refractivity contribution in [1.29, 1.82) is 0 Å². The van der Waals surface area contributed by atoms with Crippen molar-refractivity contribution < 1.29 is 4.79 Å². The van der Waals surface area contributed by atoms with Crippen molar-refractivity contribution in [1.82, 2.24) is 14.7 Å². The van der Waals surface area contributed by atoms with E-state index in [-0.39, 0.29) is 5.78 Å². The summed E-state index contributed by atoms with van der Waals surface area (Å²) in [5.41, 5.74) is 0.996. The number of hydrogen-bond acceptors (Lipinski definition) is 3. The molecule has 15 heavy (non-hydrogen) atoms. The molecular weight excluding hydrogens is 190 g/mol. The summed E-state index contributed by atoms with van der Waals surface area (Å²) in [4.78, 5) is 13.4. The van der Waals surface area contributed by atoms with Gasteiger partial charge in [-0.25, -0.2) is 0 Å². The molecule has 0 saturated heterocycles. The lowest BCUT2D eigenvalue weighted by atomic mass is 10.2. The second kappa shape index (κ2) is 5.07. The molecule has 0 aliphatic rings. The van der Waals surface area contributed by atoms with Gasteiger partial charge in [-0.3, -0.25) is 9.48 Å². The van der Waals surface area contributed by atoms with Gasteiger partial charge in [-0.1, -0.05) is 0 Å². The third-order valence-electron chi connectivity index (χ3n) is 2.08. The number of Topliss-reactive ketones (excluding diaryl/α,β-unsaturated/α-hetero) is 1. The van der Waals surface area contributed by atoms with Gasteiger partial charge in [0, 0.05) is 18.7 Å². The normalized spacial score (nSPS) is 11.3. The van der Waals surface area contributed by atoms with Gasteiger partial charge in [0.25, 0.3) is 0 Å². The van der Waals surface area contributed by atoms with E-state index >= 15 is 0 Å². The average Bonchev–Trinajstić information content (AvgIpc) is 2.50. The van der Waals surface area contributed by atoms with Gasteiger partial charge in [-0.05, 0) is 33.5 Å². The molecular formula is C11H19N3O. The van der Waals surface area contributed by atoms with Crippen molar-refractivity contribution in [2.45, 2.75) is 26.3 Å². The summed E-state index contributed by atoms with van der Waals surface area (Å²) < 4.78 is 1.87. The van der Waals surface area contributed by atoms with Gasteiger partial charge in [0.15, 0.2) is 5.78 Å². The van der Waals surface area contributed by atoms with Gasteiger partial charge in [0.1, 0.15) is 0 Å². The van der Waals surface area contributed by atoms with E-state index < -0.39 is 0 Å². The Bertz CT molecular complexity index is 328. The smallest absolute Gasteiger partial charge is 0.151 e. The van der Waals surface area contributed by atoms with E-state index in [0.717, 1.165) is 5.56 Å². The number of carbonyl (C=O) groups excluding carboxylic acids is 1. The van der Waals surface area contributed by atoms with Crippen molar-refractivity contribution in [2.24, 2.45) is 0 Å². The quantitative estimate of drug-likeness (QED) is 0.730. The highest BCUT2D eigenvalue weighted by atomic mass is 16.1. The van der Waals surface area contributed by atoms with E-state index in [9.17, 15) is 4.79 Å². The number of ketones is 1. The predicted octanol–water partition coefficient (Wildman–Crippen LogP) is 1.14. The van der Waals surface area contributed by atoms with E-state index in [1.165, 1.54) is 0 Å². The Balaban J connectivity index is 2.53. The maximum atomic E-state index is 11.5. The van der Waals surface area contributed by atoms with Crippen LogP contribution in [-0.4, -0.2) is 41.1 Å². The van der Waals surface area contributed by atoms with Crippen LogP contribution >= 0.6 is 0 Å². The summed E-state index contributed by atoms with van der Waals surface area (Å²) in [7, 11) is 3.80. The molecule has 4 heteroatoms. The fourth-order valence-corrected chi connectivity index (χ4v) is 1.39. The zero-order valence-corrected chi connectivity index (χ0v) is 9.90. The van der Waals surface area contributed by atoms with Gasteiger partial charge in [0.05, 0.1) is 12.7 Å². The summed E-state index contributed by atoms with van der Waals surface area (Å²) in [5.74, 6) is 0.225. The van der Waals surface area contributed by atoms with E-state index in [1.807, 2.05) is 29.9 Å². The Morgan fingerprint density at radius 3 is 2.67 bits per heavy atom. The zero-order chi connectivity index (χ0) is 11.4. The monoisotopic (exact) mass is 209 g/mol. The number of rotatable bonds is 5. The standard InChI is InChI=1S/C11H19N3O/c1-9(2)14-7-10(6-12-14)5-11(15)8-13(3)4/h6-7,9H,5,8H2,1-4H3. The van der Waals surface area contributed by atoms with Crippen LogP contribution in [0.4, 0.5) is 0 Å². The number of aromatic nitrogens is 2. The molecule has 1 aromatic heterocycles. The molecule has 0 amide bonds. The molecule has 1 rings (SSSR count). The Morgan fingerprint density at radius 1 is 1.53 bits per heavy atom. The molecule has 1 aromatic rings. The third-order valence-corrected chi connectivity index (χ3v) is 2.08. The molecule has 0 aliphatic carbocycles. The molecule has 4 nitrogen and oxygen atoms in total. The van der Waals surface area contributed by atoms with Crippen LogP contribution in [0.1, 0.15) is 25.5 Å². The minimum atomic E-state index is 0.225. The molecule has 0 N–H and O–H groups in total. The topological polar surface area (TPSA) is 38.1 Å². The van der Waals surface area contributed by atoms with Crippen LogP contribution in [0.5, 0.6) is 0 Å². The summed E-state index contributed by atoms with van der Waals surface area (Å²) in [5, 5.41) is 4.20. The molecule has 0 radical (unpaired) electrons. The fraction of sp³-hybridized carbons (Fsp3) is 0.636. The van der Waals surface area contributed by atoms with Gasteiger partial charge in [0.2, 0.25) is 0 Å². The highest BCUT2D eigenvalue weighted by Gasteiger charge is 2.07. The minimum absolute atomic E-state index is 0.225. The van der Waals surface area contributed by atoms with Gasteiger partial charge in [-0.15, -0.1) is 0 Å². The van der Waals surface area contributed by atoms with Crippen molar-refractivity contribution in [2.75, 3.05) is 20.6 Å². The van der Waals surface area contributed by atoms with E-state index in [2.05, 4.69) is 18.9 Å². The van der Waals surface area contributed by atoms with Crippen molar-refractivity contribution in [3.05, 3.63) is 18.0 Å². The maximum Gasteiger partial charge on any atom is 0.151 e. The highest BCUT2D eigenvalue weighted by molar-refractivity contribution is 5.82. The van der Waals surface area contributed by atoms with Crippen LogP contribution < -0.4 is 0 Å². The first-order valence-corrected chi connectivity index (χ1v) is 5.18. The van der Waals surface area contributed by atoms with Crippen LogP contribution in [-0.2, 0) is 11.2 Å². The summed E-state index contributed by atoms with van der Waals surface area (Å²) >= 11 is 0. The molecule has 0 saturated carbocycles. The summed E-state index contributed by atoms with van der Waals surface area (Å²) in [6, 6.07) is 0.350. The lowest BCUT2D eigenvalue weighted by Gasteiger charge is -2.07. The first-order valence-electron chi connectivity index (χ1n) is 5.18. The molecule has 0 fully saturated rings. The van der Waals surface area contributed by atoms with Crippen LogP contribution in [0.15, 0.2) is 12.4 Å². The molecule has 0 spiro atoms. The predicted molar refractivity (Wildman–Crippen MR) is 59.9 cm³/mol. The van der Waals surface area contributed by atoms with Crippen molar-refractivity contribution in [3.63, 3.8) is 0 Å². The first kappa shape index (κ1) is 11.9. The van der Waals surface area contributed by atoms with Crippen LogP contribution in [0.3, 0.4) is 0 Å². The second-order valence-corrected chi connectivity index (χ2v) is 4.38. The Kier molecular flexibility index (Phi) is 4.03. The zero-order valence-electron chi connectivity index (χ0n) is 9.90. The van der Waals surface area contributed by atoms with Crippen LogP contribution in [0.2, 0.25) is 0 Å². The molecule has 0 aromatic carbocycles. The minimum Gasteiger partial charge on any atom is -0.302 e. The van der Waals surface area contributed by atoms with Gasteiger partial charge < -0.3 is 4.90 Å². The molecule has 0 bridgehead atoms. The Hall–Kier alpha value is -1.16. The lowest BCUT2D eigenvalue weighted by molar-refractivity contribution is -0.119. The van der Waals surface area contributed by atoms with Crippen molar-refractivity contribution >= 4 is 5.78 Å². The average molecular weight is 209 g/mol. The van der Waals surface area contributed by atoms with Crippen LogP contribution in [0.25, 0.3) is 0 Å². The number of carbonyl (C=O) groups is 1. The summed E-state index contributed by atoms with van der Waals surface area (Å²) in [6.07, 6.45) is 4.19. The molecule has 1 heterocycles. The SMILES string of the molecule is CC(C)n1cc(CC(=O)CN(C)C)cn1. The van der Waals surface area contributed by atoms with E-state index in [1.54, 1.807) is 6.20 Å². The first-order chi connectivity index (χ1) is 6.99. The van der Waals surface area contributed by atoms with Gasteiger partial charge >= 0.3 is 0 Å². The molecule has 0 aliphatic heterocycles.